The Labute approximate surface area is 87.6 Å². The van der Waals surface area contributed by atoms with Gasteiger partial charge in [0.05, 0.1) is 0 Å². The van der Waals surface area contributed by atoms with Gasteiger partial charge in [0, 0.05) is 11.9 Å². The zero-order chi connectivity index (χ0) is 10.7. The molecule has 0 aromatic carbocycles. The van der Waals surface area contributed by atoms with Gasteiger partial charge in [-0.25, -0.2) is 0 Å². The van der Waals surface area contributed by atoms with Crippen molar-refractivity contribution < 1.29 is 0 Å². The Morgan fingerprint density at radius 1 is 1.29 bits per heavy atom. The minimum Gasteiger partial charge on any atom is -0.261 e. The zero-order valence-corrected chi connectivity index (χ0v) is 10.0. The smallest absolute Gasteiger partial charge is 0.0404 e. The van der Waals surface area contributed by atoms with E-state index in [1.165, 1.54) is 22.4 Å². The highest BCUT2D eigenvalue weighted by atomic mass is 14.7. The van der Waals surface area contributed by atoms with Crippen LogP contribution in [0.2, 0.25) is 0 Å². The summed E-state index contributed by atoms with van der Waals surface area (Å²) in [6, 6.07) is 0. The average Bonchev–Trinajstić information content (AvgIpc) is 2.11. The molecule has 1 rings (SSSR count). The third kappa shape index (κ3) is 2.34. The second kappa shape index (κ2) is 4.59. The summed E-state index contributed by atoms with van der Waals surface area (Å²) in [6.07, 6.45) is 4.33. The van der Waals surface area contributed by atoms with Crippen LogP contribution in [0.3, 0.4) is 0 Å². The lowest BCUT2D eigenvalue weighted by Crippen LogP contribution is -2.04. The van der Waals surface area contributed by atoms with Gasteiger partial charge in [-0.05, 0) is 49.3 Å². The van der Waals surface area contributed by atoms with E-state index in [9.17, 15) is 0 Å². The number of nitrogens with zero attached hydrogens (tertiary/aromatic N) is 1. The van der Waals surface area contributed by atoms with E-state index >= 15 is 0 Å². The Morgan fingerprint density at radius 2 is 1.93 bits per heavy atom. The van der Waals surface area contributed by atoms with Gasteiger partial charge < -0.3 is 0 Å². The summed E-state index contributed by atoms with van der Waals surface area (Å²) in [5.41, 5.74) is 5.50. The van der Waals surface area contributed by atoms with Crippen LogP contribution in [0.4, 0.5) is 0 Å². The number of hydrogen-bond donors (Lipinski definition) is 0. The van der Waals surface area contributed by atoms with Gasteiger partial charge in [0.2, 0.25) is 0 Å². The lowest BCUT2D eigenvalue weighted by atomic mass is 9.94. The van der Waals surface area contributed by atoms with Crippen molar-refractivity contribution in [2.24, 2.45) is 5.92 Å². The van der Waals surface area contributed by atoms with Crippen molar-refractivity contribution in [3.05, 3.63) is 28.6 Å². The Bertz CT molecular complexity index is 313. The SMILES string of the molecule is CCc1c(CC(C)C)cnc(C)c1C. The first-order chi connectivity index (χ1) is 6.56. The van der Waals surface area contributed by atoms with Gasteiger partial charge in [-0.15, -0.1) is 0 Å². The monoisotopic (exact) mass is 191 g/mol. The lowest BCUT2D eigenvalue weighted by molar-refractivity contribution is 0.640. The Hall–Kier alpha value is -0.850. The summed E-state index contributed by atoms with van der Waals surface area (Å²) < 4.78 is 0. The Morgan fingerprint density at radius 3 is 2.43 bits per heavy atom. The molecule has 14 heavy (non-hydrogen) atoms. The van der Waals surface area contributed by atoms with Gasteiger partial charge in [0.1, 0.15) is 0 Å². The molecule has 1 heterocycles. The molecule has 1 aromatic heterocycles. The first-order valence-electron chi connectivity index (χ1n) is 5.50. The molecule has 0 amide bonds. The molecule has 0 aliphatic rings. The minimum absolute atomic E-state index is 0.712. The second-order valence-electron chi connectivity index (χ2n) is 4.42. The molecule has 0 bridgehead atoms. The first-order valence-corrected chi connectivity index (χ1v) is 5.50. The summed E-state index contributed by atoms with van der Waals surface area (Å²) in [4.78, 5) is 4.44. The van der Waals surface area contributed by atoms with E-state index in [1.54, 1.807) is 0 Å². The van der Waals surface area contributed by atoms with Crippen molar-refractivity contribution in [1.29, 1.82) is 0 Å². The number of rotatable bonds is 3. The van der Waals surface area contributed by atoms with Crippen LogP contribution in [-0.4, -0.2) is 4.98 Å². The Kier molecular flexibility index (Phi) is 3.68. The van der Waals surface area contributed by atoms with Gasteiger partial charge >= 0.3 is 0 Å². The highest BCUT2D eigenvalue weighted by Gasteiger charge is 2.08. The molecule has 0 aliphatic carbocycles. The molecule has 0 fully saturated rings. The molecule has 1 heteroatoms. The summed E-state index contributed by atoms with van der Waals surface area (Å²) in [6.45, 7) is 11.0. The predicted octanol–water partition coefficient (Wildman–Crippen LogP) is 3.46. The molecule has 0 radical (unpaired) electrons. The van der Waals surface area contributed by atoms with E-state index in [4.69, 9.17) is 0 Å². The van der Waals surface area contributed by atoms with Crippen LogP contribution in [0, 0.1) is 19.8 Å². The highest BCUT2D eigenvalue weighted by Crippen LogP contribution is 2.19. The van der Waals surface area contributed by atoms with Crippen LogP contribution in [0.25, 0.3) is 0 Å². The maximum Gasteiger partial charge on any atom is 0.0404 e. The molecule has 1 nitrogen and oxygen atoms in total. The van der Waals surface area contributed by atoms with Gasteiger partial charge in [-0.1, -0.05) is 20.8 Å². The molecule has 78 valence electrons. The van der Waals surface area contributed by atoms with E-state index in [0.29, 0.717) is 5.92 Å². The maximum atomic E-state index is 4.44. The van der Waals surface area contributed by atoms with E-state index in [-0.39, 0.29) is 0 Å². The molecule has 0 atom stereocenters. The van der Waals surface area contributed by atoms with Crippen LogP contribution in [-0.2, 0) is 12.8 Å². The molecule has 0 unspecified atom stereocenters. The number of aryl methyl sites for hydroxylation is 1. The summed E-state index contributed by atoms with van der Waals surface area (Å²) in [5.74, 6) is 0.712. The molecule has 0 saturated heterocycles. The van der Waals surface area contributed by atoms with Crippen LogP contribution >= 0.6 is 0 Å². The van der Waals surface area contributed by atoms with E-state index in [2.05, 4.69) is 45.8 Å². The van der Waals surface area contributed by atoms with Crippen molar-refractivity contribution >= 4 is 0 Å². The average molecular weight is 191 g/mol. The fourth-order valence-corrected chi connectivity index (χ4v) is 1.92. The zero-order valence-electron chi connectivity index (χ0n) is 10.0. The van der Waals surface area contributed by atoms with Crippen LogP contribution in [0.1, 0.15) is 43.2 Å². The van der Waals surface area contributed by atoms with Crippen molar-refractivity contribution in [3.8, 4) is 0 Å². The molecular formula is C13H21N. The van der Waals surface area contributed by atoms with Crippen molar-refractivity contribution in [3.63, 3.8) is 0 Å². The molecular weight excluding hydrogens is 170 g/mol. The van der Waals surface area contributed by atoms with Gasteiger partial charge in [-0.3, -0.25) is 4.98 Å². The van der Waals surface area contributed by atoms with Crippen LogP contribution in [0.5, 0.6) is 0 Å². The fourth-order valence-electron chi connectivity index (χ4n) is 1.92. The molecule has 1 aromatic rings. The number of pyridine rings is 1. The van der Waals surface area contributed by atoms with Crippen molar-refractivity contribution in [1.82, 2.24) is 4.98 Å². The lowest BCUT2D eigenvalue weighted by Gasteiger charge is -2.14. The summed E-state index contributed by atoms with van der Waals surface area (Å²) >= 11 is 0. The maximum absolute atomic E-state index is 4.44. The third-order valence-electron chi connectivity index (χ3n) is 2.78. The molecule has 0 saturated carbocycles. The van der Waals surface area contributed by atoms with Crippen molar-refractivity contribution in [2.45, 2.75) is 47.5 Å². The standard InChI is InChI=1S/C13H21N/c1-6-13-10(4)11(5)14-8-12(13)7-9(2)3/h8-9H,6-7H2,1-5H3. The predicted molar refractivity (Wildman–Crippen MR) is 61.6 cm³/mol. The largest absolute Gasteiger partial charge is 0.261 e. The molecule has 0 aliphatic heterocycles. The molecule has 0 N–H and O–H groups in total. The third-order valence-corrected chi connectivity index (χ3v) is 2.78. The van der Waals surface area contributed by atoms with Gasteiger partial charge in [0.25, 0.3) is 0 Å². The number of hydrogen-bond acceptors (Lipinski definition) is 1. The topological polar surface area (TPSA) is 12.9 Å². The number of aromatic nitrogens is 1. The van der Waals surface area contributed by atoms with Crippen molar-refractivity contribution in [2.75, 3.05) is 0 Å². The van der Waals surface area contributed by atoms with E-state index in [0.717, 1.165) is 12.8 Å². The van der Waals surface area contributed by atoms with E-state index in [1.807, 2.05) is 0 Å². The fraction of sp³-hybridized carbons (Fsp3) is 0.615. The second-order valence-corrected chi connectivity index (χ2v) is 4.42. The van der Waals surface area contributed by atoms with Crippen LogP contribution in [0.15, 0.2) is 6.20 Å². The highest BCUT2D eigenvalue weighted by molar-refractivity contribution is 5.35. The van der Waals surface area contributed by atoms with Gasteiger partial charge in [0.15, 0.2) is 0 Å². The van der Waals surface area contributed by atoms with Gasteiger partial charge in [-0.2, -0.15) is 0 Å². The summed E-state index contributed by atoms with van der Waals surface area (Å²) in [5, 5.41) is 0. The first kappa shape index (κ1) is 11.2. The Balaban J connectivity index is 3.10. The minimum atomic E-state index is 0.712. The van der Waals surface area contributed by atoms with E-state index < -0.39 is 0 Å². The quantitative estimate of drug-likeness (QED) is 0.713. The van der Waals surface area contributed by atoms with Crippen LogP contribution < -0.4 is 0 Å². The summed E-state index contributed by atoms with van der Waals surface area (Å²) in [7, 11) is 0. The normalized spacial score (nSPS) is 11.0. The molecule has 0 spiro atoms.